The van der Waals surface area contributed by atoms with Crippen molar-refractivity contribution < 1.29 is 14.6 Å². The molecule has 0 bridgehead atoms. The van der Waals surface area contributed by atoms with E-state index >= 15 is 0 Å². The van der Waals surface area contributed by atoms with Crippen LogP contribution < -0.4 is 4.74 Å². The van der Waals surface area contributed by atoms with Crippen LogP contribution in [0.2, 0.25) is 0 Å². The van der Waals surface area contributed by atoms with Gasteiger partial charge < -0.3 is 9.84 Å². The second-order valence-corrected chi connectivity index (χ2v) is 2.55. The van der Waals surface area contributed by atoms with Crippen molar-refractivity contribution >= 4 is 5.97 Å². The van der Waals surface area contributed by atoms with E-state index < -0.39 is 5.97 Å². The summed E-state index contributed by atoms with van der Waals surface area (Å²) in [5, 5.41) is 8.85. The van der Waals surface area contributed by atoms with Gasteiger partial charge in [0.1, 0.15) is 5.56 Å². The fraction of sp³-hybridized carbons (Fsp3) is 0.333. The van der Waals surface area contributed by atoms with Gasteiger partial charge in [0.2, 0.25) is 5.88 Å². The van der Waals surface area contributed by atoms with Gasteiger partial charge in [-0.3, -0.25) is 0 Å². The van der Waals surface area contributed by atoms with Crippen molar-refractivity contribution in [3.05, 3.63) is 23.4 Å². The Hall–Kier alpha value is -1.58. The van der Waals surface area contributed by atoms with Crippen molar-refractivity contribution in [2.75, 3.05) is 6.61 Å². The Morgan fingerprint density at radius 3 is 2.92 bits per heavy atom. The normalized spacial score (nSPS) is 9.69. The Morgan fingerprint density at radius 2 is 2.38 bits per heavy atom. The molecule has 1 aromatic rings. The Morgan fingerprint density at radius 1 is 1.69 bits per heavy atom. The minimum atomic E-state index is -1.01. The molecule has 1 aromatic heterocycles. The third-order valence-electron chi connectivity index (χ3n) is 1.62. The summed E-state index contributed by atoms with van der Waals surface area (Å²) in [6, 6.07) is 1.64. The van der Waals surface area contributed by atoms with Crippen molar-refractivity contribution in [3.63, 3.8) is 0 Å². The second kappa shape index (κ2) is 3.89. The number of carboxylic acids is 1. The molecule has 1 rings (SSSR count). The molecule has 70 valence electrons. The summed E-state index contributed by atoms with van der Waals surface area (Å²) < 4.78 is 5.09. The minimum Gasteiger partial charge on any atom is -0.477 e. The molecule has 0 aliphatic heterocycles. The van der Waals surface area contributed by atoms with Gasteiger partial charge in [0, 0.05) is 6.20 Å². The molecular weight excluding hydrogens is 170 g/mol. The van der Waals surface area contributed by atoms with Gasteiger partial charge in [0.15, 0.2) is 0 Å². The van der Waals surface area contributed by atoms with Crippen molar-refractivity contribution in [1.29, 1.82) is 0 Å². The maximum Gasteiger partial charge on any atom is 0.341 e. The van der Waals surface area contributed by atoms with Gasteiger partial charge in [-0.05, 0) is 25.5 Å². The van der Waals surface area contributed by atoms with Gasteiger partial charge in [-0.2, -0.15) is 0 Å². The van der Waals surface area contributed by atoms with E-state index in [1.54, 1.807) is 19.9 Å². The topological polar surface area (TPSA) is 59.4 Å². The third kappa shape index (κ3) is 1.96. The van der Waals surface area contributed by atoms with E-state index in [0.29, 0.717) is 12.2 Å². The maximum atomic E-state index is 10.8. The summed E-state index contributed by atoms with van der Waals surface area (Å²) >= 11 is 0. The number of aryl methyl sites for hydroxylation is 1. The molecule has 0 radical (unpaired) electrons. The molecule has 0 saturated carbocycles. The largest absolute Gasteiger partial charge is 0.477 e. The molecule has 0 aliphatic rings. The number of rotatable bonds is 3. The van der Waals surface area contributed by atoms with Gasteiger partial charge in [-0.1, -0.05) is 0 Å². The number of carbonyl (C=O) groups is 1. The van der Waals surface area contributed by atoms with Crippen LogP contribution in [0.15, 0.2) is 12.3 Å². The lowest BCUT2D eigenvalue weighted by Gasteiger charge is -2.06. The zero-order valence-corrected chi connectivity index (χ0v) is 7.57. The molecule has 0 fully saturated rings. The molecule has 0 aliphatic carbocycles. The molecule has 1 heterocycles. The first kappa shape index (κ1) is 9.51. The van der Waals surface area contributed by atoms with E-state index in [9.17, 15) is 4.79 Å². The lowest BCUT2D eigenvalue weighted by molar-refractivity contribution is 0.0690. The number of pyridine rings is 1. The first-order valence-corrected chi connectivity index (χ1v) is 3.98. The smallest absolute Gasteiger partial charge is 0.341 e. The minimum absolute atomic E-state index is 0.143. The standard InChI is InChI=1S/C9H11NO3/c1-3-13-8-7(9(11)12)6(2)4-5-10-8/h4-5H,3H2,1-2H3,(H,11,12). The lowest BCUT2D eigenvalue weighted by atomic mass is 10.1. The van der Waals surface area contributed by atoms with Crippen LogP contribution in [0.1, 0.15) is 22.8 Å². The van der Waals surface area contributed by atoms with E-state index in [0.717, 1.165) is 0 Å². The molecule has 1 N–H and O–H groups in total. The van der Waals surface area contributed by atoms with Crippen LogP contribution in [-0.4, -0.2) is 22.7 Å². The lowest BCUT2D eigenvalue weighted by Crippen LogP contribution is -2.06. The van der Waals surface area contributed by atoms with Gasteiger partial charge >= 0.3 is 5.97 Å². The SMILES string of the molecule is CCOc1nccc(C)c1C(=O)O. The number of carboxylic acid groups (broad SMARTS) is 1. The molecule has 0 unspecified atom stereocenters. The summed E-state index contributed by atoms with van der Waals surface area (Å²) in [6.45, 7) is 3.92. The number of ether oxygens (including phenoxy) is 1. The Labute approximate surface area is 76.2 Å². The van der Waals surface area contributed by atoms with Crippen molar-refractivity contribution in [2.24, 2.45) is 0 Å². The third-order valence-corrected chi connectivity index (χ3v) is 1.62. The molecule has 0 aromatic carbocycles. The Bertz CT molecular complexity index is 323. The van der Waals surface area contributed by atoms with Crippen LogP contribution >= 0.6 is 0 Å². The number of hydrogen-bond donors (Lipinski definition) is 1. The van der Waals surface area contributed by atoms with E-state index in [-0.39, 0.29) is 11.4 Å². The first-order valence-electron chi connectivity index (χ1n) is 3.98. The highest BCUT2D eigenvalue weighted by Gasteiger charge is 2.14. The Balaban J connectivity index is 3.17. The number of aromatic nitrogens is 1. The van der Waals surface area contributed by atoms with Gasteiger partial charge in [-0.25, -0.2) is 9.78 Å². The van der Waals surface area contributed by atoms with E-state index in [1.807, 2.05) is 0 Å². The van der Waals surface area contributed by atoms with Crippen LogP contribution in [0.4, 0.5) is 0 Å². The van der Waals surface area contributed by atoms with E-state index in [1.165, 1.54) is 6.20 Å². The van der Waals surface area contributed by atoms with Crippen molar-refractivity contribution in [3.8, 4) is 5.88 Å². The number of nitrogens with zero attached hydrogens (tertiary/aromatic N) is 1. The van der Waals surface area contributed by atoms with Gasteiger partial charge in [0.25, 0.3) is 0 Å². The van der Waals surface area contributed by atoms with E-state index in [4.69, 9.17) is 9.84 Å². The molecule has 0 saturated heterocycles. The molecule has 0 spiro atoms. The second-order valence-electron chi connectivity index (χ2n) is 2.55. The molecule has 0 amide bonds. The zero-order chi connectivity index (χ0) is 9.84. The van der Waals surface area contributed by atoms with E-state index in [2.05, 4.69) is 4.98 Å². The van der Waals surface area contributed by atoms with Crippen LogP contribution in [0.3, 0.4) is 0 Å². The average Bonchev–Trinajstić information content (AvgIpc) is 2.04. The highest BCUT2D eigenvalue weighted by molar-refractivity contribution is 5.91. The van der Waals surface area contributed by atoms with Crippen molar-refractivity contribution in [2.45, 2.75) is 13.8 Å². The molecule has 13 heavy (non-hydrogen) atoms. The van der Waals surface area contributed by atoms with Crippen LogP contribution in [0, 0.1) is 6.92 Å². The zero-order valence-electron chi connectivity index (χ0n) is 7.57. The number of hydrogen-bond acceptors (Lipinski definition) is 3. The van der Waals surface area contributed by atoms with Crippen LogP contribution in [0.5, 0.6) is 5.88 Å². The monoisotopic (exact) mass is 181 g/mol. The first-order chi connectivity index (χ1) is 6.16. The highest BCUT2D eigenvalue weighted by atomic mass is 16.5. The predicted octanol–water partition coefficient (Wildman–Crippen LogP) is 1.49. The average molecular weight is 181 g/mol. The van der Waals surface area contributed by atoms with Crippen LogP contribution in [-0.2, 0) is 0 Å². The summed E-state index contributed by atoms with van der Waals surface area (Å²) in [5.74, 6) is -0.816. The predicted molar refractivity (Wildman–Crippen MR) is 47.1 cm³/mol. The molecule has 4 heteroatoms. The summed E-state index contributed by atoms with van der Waals surface area (Å²) in [6.07, 6.45) is 1.53. The van der Waals surface area contributed by atoms with Crippen molar-refractivity contribution in [1.82, 2.24) is 4.98 Å². The molecule has 0 atom stereocenters. The highest BCUT2D eigenvalue weighted by Crippen LogP contribution is 2.18. The maximum absolute atomic E-state index is 10.8. The summed E-state index contributed by atoms with van der Waals surface area (Å²) in [7, 11) is 0. The van der Waals surface area contributed by atoms with Gasteiger partial charge in [-0.15, -0.1) is 0 Å². The molecular formula is C9H11NO3. The summed E-state index contributed by atoms with van der Waals surface area (Å²) in [5.41, 5.74) is 0.801. The fourth-order valence-electron chi connectivity index (χ4n) is 1.04. The molecule has 4 nitrogen and oxygen atoms in total. The summed E-state index contributed by atoms with van der Waals surface area (Å²) in [4.78, 5) is 14.6. The Kier molecular flexibility index (Phi) is 2.84. The fourth-order valence-corrected chi connectivity index (χ4v) is 1.04. The van der Waals surface area contributed by atoms with Gasteiger partial charge in [0.05, 0.1) is 6.61 Å². The quantitative estimate of drug-likeness (QED) is 0.767. The van der Waals surface area contributed by atoms with Crippen LogP contribution in [0.25, 0.3) is 0 Å². The number of aromatic carboxylic acids is 1.